The van der Waals surface area contributed by atoms with Crippen LogP contribution in [0.5, 0.6) is 0 Å². The SMILES string of the molecule is Cc1c(-c2ccc(Cl)cc2)nc2sccn12. The third-order valence-electron chi connectivity index (χ3n) is 2.62. The molecule has 0 atom stereocenters. The third-order valence-corrected chi connectivity index (χ3v) is 3.63. The van der Waals surface area contributed by atoms with Crippen LogP contribution >= 0.6 is 22.9 Å². The van der Waals surface area contributed by atoms with E-state index in [1.165, 1.54) is 5.69 Å². The minimum absolute atomic E-state index is 0.752. The zero-order valence-corrected chi connectivity index (χ0v) is 10.2. The Morgan fingerprint density at radius 2 is 2.00 bits per heavy atom. The van der Waals surface area contributed by atoms with Crippen LogP contribution in [0.15, 0.2) is 35.8 Å². The van der Waals surface area contributed by atoms with Gasteiger partial charge in [0.2, 0.25) is 0 Å². The van der Waals surface area contributed by atoms with Gasteiger partial charge in [0, 0.05) is 27.9 Å². The first-order valence-electron chi connectivity index (χ1n) is 4.94. The summed E-state index contributed by atoms with van der Waals surface area (Å²) >= 11 is 7.52. The third kappa shape index (κ3) is 1.44. The van der Waals surface area contributed by atoms with Crippen molar-refractivity contribution < 1.29 is 0 Å². The van der Waals surface area contributed by atoms with Crippen molar-refractivity contribution in [3.63, 3.8) is 0 Å². The van der Waals surface area contributed by atoms with Crippen molar-refractivity contribution in [3.05, 3.63) is 46.6 Å². The summed E-state index contributed by atoms with van der Waals surface area (Å²) in [7, 11) is 0. The summed E-state index contributed by atoms with van der Waals surface area (Å²) in [4.78, 5) is 5.64. The molecule has 16 heavy (non-hydrogen) atoms. The zero-order valence-electron chi connectivity index (χ0n) is 8.64. The van der Waals surface area contributed by atoms with E-state index in [4.69, 9.17) is 11.6 Å². The second-order valence-electron chi connectivity index (χ2n) is 3.61. The van der Waals surface area contributed by atoms with Gasteiger partial charge in [0.05, 0.1) is 5.69 Å². The predicted octanol–water partition coefficient (Wildman–Crippen LogP) is 4.02. The number of aryl methyl sites for hydroxylation is 1. The molecule has 3 rings (SSSR count). The second kappa shape index (κ2) is 3.61. The first-order chi connectivity index (χ1) is 7.75. The van der Waals surface area contributed by atoms with Crippen molar-refractivity contribution >= 4 is 27.9 Å². The Balaban J connectivity index is 2.21. The molecule has 0 aliphatic rings. The molecule has 0 amide bonds. The number of halogens is 1. The van der Waals surface area contributed by atoms with Gasteiger partial charge >= 0.3 is 0 Å². The molecule has 0 saturated heterocycles. The van der Waals surface area contributed by atoms with Gasteiger partial charge in [-0.05, 0) is 19.1 Å². The molecule has 0 radical (unpaired) electrons. The lowest BCUT2D eigenvalue weighted by Crippen LogP contribution is -1.83. The van der Waals surface area contributed by atoms with E-state index in [2.05, 4.69) is 16.3 Å². The van der Waals surface area contributed by atoms with Crippen LogP contribution in [0.1, 0.15) is 5.69 Å². The standard InChI is InChI=1S/C12H9ClN2S/c1-8-11(9-2-4-10(13)5-3-9)14-12-15(8)6-7-16-12/h2-7H,1H3. The molecule has 2 nitrogen and oxygen atoms in total. The number of hydrogen-bond acceptors (Lipinski definition) is 2. The molecule has 0 aliphatic carbocycles. The molecule has 0 bridgehead atoms. The number of imidazole rings is 1. The molecule has 0 N–H and O–H groups in total. The first kappa shape index (κ1) is 9.87. The summed E-state index contributed by atoms with van der Waals surface area (Å²) in [5.41, 5.74) is 3.31. The van der Waals surface area contributed by atoms with Crippen LogP contribution < -0.4 is 0 Å². The maximum absolute atomic E-state index is 5.87. The van der Waals surface area contributed by atoms with Crippen molar-refractivity contribution in [2.24, 2.45) is 0 Å². The van der Waals surface area contributed by atoms with Gasteiger partial charge in [0.25, 0.3) is 0 Å². The summed E-state index contributed by atoms with van der Waals surface area (Å²) in [5, 5.41) is 2.79. The van der Waals surface area contributed by atoms with Crippen LogP contribution in [0.25, 0.3) is 16.2 Å². The highest BCUT2D eigenvalue weighted by atomic mass is 35.5. The number of nitrogens with zero attached hydrogens (tertiary/aromatic N) is 2. The maximum atomic E-state index is 5.87. The van der Waals surface area contributed by atoms with Crippen molar-refractivity contribution in [2.75, 3.05) is 0 Å². The Kier molecular flexibility index (Phi) is 2.23. The fourth-order valence-corrected chi connectivity index (χ4v) is 2.67. The Morgan fingerprint density at radius 3 is 2.69 bits per heavy atom. The number of hydrogen-bond donors (Lipinski definition) is 0. The van der Waals surface area contributed by atoms with E-state index in [0.717, 1.165) is 21.2 Å². The van der Waals surface area contributed by atoms with E-state index < -0.39 is 0 Å². The van der Waals surface area contributed by atoms with Gasteiger partial charge < -0.3 is 0 Å². The van der Waals surface area contributed by atoms with Crippen LogP contribution in [-0.4, -0.2) is 9.38 Å². The Labute approximate surface area is 102 Å². The Hall–Kier alpha value is -1.32. The maximum Gasteiger partial charge on any atom is 0.194 e. The molecule has 0 unspecified atom stereocenters. The molecule has 2 heterocycles. The highest BCUT2D eigenvalue weighted by molar-refractivity contribution is 7.15. The van der Waals surface area contributed by atoms with E-state index in [9.17, 15) is 0 Å². The number of thiazole rings is 1. The highest BCUT2D eigenvalue weighted by Crippen LogP contribution is 2.26. The quantitative estimate of drug-likeness (QED) is 0.636. The van der Waals surface area contributed by atoms with Crippen molar-refractivity contribution in [1.82, 2.24) is 9.38 Å². The summed E-state index contributed by atoms with van der Waals surface area (Å²) in [6.07, 6.45) is 2.04. The predicted molar refractivity (Wildman–Crippen MR) is 68.3 cm³/mol. The second-order valence-corrected chi connectivity index (χ2v) is 4.92. The molecule has 0 fully saturated rings. The van der Waals surface area contributed by atoms with E-state index in [1.807, 2.05) is 35.8 Å². The number of benzene rings is 1. The monoisotopic (exact) mass is 248 g/mol. The van der Waals surface area contributed by atoms with Crippen LogP contribution in [0.2, 0.25) is 5.02 Å². The fraction of sp³-hybridized carbons (Fsp3) is 0.0833. The van der Waals surface area contributed by atoms with Crippen molar-refractivity contribution in [3.8, 4) is 11.3 Å². The smallest absolute Gasteiger partial charge is 0.194 e. The average molecular weight is 249 g/mol. The molecular formula is C12H9ClN2S. The average Bonchev–Trinajstić information content (AvgIpc) is 2.84. The van der Waals surface area contributed by atoms with Gasteiger partial charge in [-0.3, -0.25) is 4.40 Å². The van der Waals surface area contributed by atoms with Crippen molar-refractivity contribution in [1.29, 1.82) is 0 Å². The van der Waals surface area contributed by atoms with Gasteiger partial charge in [-0.1, -0.05) is 23.7 Å². The van der Waals surface area contributed by atoms with Crippen LogP contribution in [0.4, 0.5) is 0 Å². The molecule has 0 aliphatic heterocycles. The molecule has 1 aromatic carbocycles. The Morgan fingerprint density at radius 1 is 1.25 bits per heavy atom. The van der Waals surface area contributed by atoms with Crippen LogP contribution in [0, 0.1) is 6.92 Å². The van der Waals surface area contributed by atoms with Crippen LogP contribution in [0.3, 0.4) is 0 Å². The topological polar surface area (TPSA) is 17.3 Å². The molecule has 0 saturated carbocycles. The fourth-order valence-electron chi connectivity index (χ4n) is 1.78. The minimum Gasteiger partial charge on any atom is -0.294 e. The normalized spacial score (nSPS) is 11.1. The molecule has 4 heteroatoms. The summed E-state index contributed by atoms with van der Waals surface area (Å²) in [5.74, 6) is 0. The molecule has 2 aromatic heterocycles. The van der Waals surface area contributed by atoms with Crippen molar-refractivity contribution in [2.45, 2.75) is 6.92 Å². The number of aromatic nitrogens is 2. The summed E-state index contributed by atoms with van der Waals surface area (Å²) < 4.78 is 2.11. The van der Waals surface area contributed by atoms with Gasteiger partial charge in [-0.25, -0.2) is 4.98 Å². The van der Waals surface area contributed by atoms with Gasteiger partial charge in [0.1, 0.15) is 0 Å². The van der Waals surface area contributed by atoms with Gasteiger partial charge in [0.15, 0.2) is 4.96 Å². The molecular weight excluding hydrogens is 240 g/mol. The van der Waals surface area contributed by atoms with Crippen LogP contribution in [-0.2, 0) is 0 Å². The minimum atomic E-state index is 0.752. The van der Waals surface area contributed by atoms with E-state index in [0.29, 0.717) is 0 Å². The number of rotatable bonds is 1. The summed E-state index contributed by atoms with van der Waals surface area (Å²) in [6, 6.07) is 7.79. The molecule has 3 aromatic rings. The molecule has 80 valence electrons. The lowest BCUT2D eigenvalue weighted by Gasteiger charge is -1.98. The summed E-state index contributed by atoms with van der Waals surface area (Å²) in [6.45, 7) is 2.08. The Bertz CT molecular complexity index is 637. The van der Waals surface area contributed by atoms with E-state index >= 15 is 0 Å². The number of fused-ring (bicyclic) bond motifs is 1. The molecule has 0 spiro atoms. The van der Waals surface area contributed by atoms with Gasteiger partial charge in [-0.15, -0.1) is 11.3 Å². The lowest BCUT2D eigenvalue weighted by molar-refractivity contribution is 1.14. The zero-order chi connectivity index (χ0) is 11.1. The highest BCUT2D eigenvalue weighted by Gasteiger charge is 2.10. The lowest BCUT2D eigenvalue weighted by atomic mass is 10.1. The van der Waals surface area contributed by atoms with E-state index in [-0.39, 0.29) is 0 Å². The van der Waals surface area contributed by atoms with Gasteiger partial charge in [-0.2, -0.15) is 0 Å². The first-order valence-corrected chi connectivity index (χ1v) is 6.19. The largest absolute Gasteiger partial charge is 0.294 e. The van der Waals surface area contributed by atoms with E-state index in [1.54, 1.807) is 11.3 Å².